The fourth-order valence-electron chi connectivity index (χ4n) is 1.97. The Labute approximate surface area is 149 Å². The van der Waals surface area contributed by atoms with E-state index < -0.39 is 18.4 Å². The van der Waals surface area contributed by atoms with Gasteiger partial charge in [-0.25, -0.2) is 4.79 Å². The molecule has 0 radical (unpaired) electrons. The van der Waals surface area contributed by atoms with E-state index in [0.717, 1.165) is 0 Å². The summed E-state index contributed by atoms with van der Waals surface area (Å²) in [5, 5.41) is 0.613. The van der Waals surface area contributed by atoms with Crippen molar-refractivity contribution in [3.8, 4) is 11.5 Å². The van der Waals surface area contributed by atoms with Crippen LogP contribution in [0.4, 0.5) is 0 Å². The van der Waals surface area contributed by atoms with Crippen LogP contribution in [0.5, 0.6) is 11.5 Å². The molecule has 0 aromatic heterocycles. The Morgan fingerprint density at radius 3 is 2.29 bits per heavy atom. The Hall–Kier alpha value is -2.24. The number of ketones is 1. The molecule has 7 heteroatoms. The van der Waals surface area contributed by atoms with Crippen molar-refractivity contribution in [3.63, 3.8) is 0 Å². The Balaban J connectivity index is 2.09. The maximum Gasteiger partial charge on any atom is 0.342 e. The normalized spacial score (nSPS) is 10.2. The summed E-state index contributed by atoms with van der Waals surface area (Å²) in [5.74, 6) is -0.297. The highest BCUT2D eigenvalue weighted by molar-refractivity contribution is 6.36. The first-order valence-corrected chi connectivity index (χ1v) is 7.59. The molecule has 0 saturated carbocycles. The van der Waals surface area contributed by atoms with Crippen molar-refractivity contribution in [1.82, 2.24) is 0 Å². The van der Waals surface area contributed by atoms with Crippen LogP contribution in [0.25, 0.3) is 0 Å². The van der Waals surface area contributed by atoms with Crippen LogP contribution in [0, 0.1) is 0 Å². The van der Waals surface area contributed by atoms with Gasteiger partial charge < -0.3 is 14.2 Å². The van der Waals surface area contributed by atoms with Gasteiger partial charge in [0, 0.05) is 16.7 Å². The first kappa shape index (κ1) is 18.1. The molecule has 24 heavy (non-hydrogen) atoms. The lowest BCUT2D eigenvalue weighted by molar-refractivity contribution is 0.0471. The fourth-order valence-corrected chi connectivity index (χ4v) is 2.48. The third-order valence-corrected chi connectivity index (χ3v) is 3.74. The van der Waals surface area contributed by atoms with Crippen molar-refractivity contribution < 1.29 is 23.8 Å². The fraction of sp³-hybridized carbons (Fsp3) is 0.176. The lowest BCUT2D eigenvalue weighted by atomic mass is 10.1. The third kappa shape index (κ3) is 4.19. The minimum atomic E-state index is -0.687. The highest BCUT2D eigenvalue weighted by Crippen LogP contribution is 2.25. The molecule has 5 nitrogen and oxygen atoms in total. The Morgan fingerprint density at radius 1 is 0.958 bits per heavy atom. The molecule has 2 aromatic carbocycles. The molecule has 0 aliphatic rings. The van der Waals surface area contributed by atoms with E-state index >= 15 is 0 Å². The lowest BCUT2D eigenvalue weighted by Gasteiger charge is -2.10. The first-order chi connectivity index (χ1) is 11.5. The number of ether oxygens (including phenoxy) is 3. The predicted octanol–water partition coefficient (Wildman–Crippen LogP) is 4.05. The van der Waals surface area contributed by atoms with E-state index in [-0.39, 0.29) is 21.9 Å². The third-order valence-electron chi connectivity index (χ3n) is 3.19. The maximum absolute atomic E-state index is 12.1. The van der Waals surface area contributed by atoms with Gasteiger partial charge in [0.2, 0.25) is 5.78 Å². The van der Waals surface area contributed by atoms with Crippen molar-refractivity contribution in [2.75, 3.05) is 20.8 Å². The molecule has 0 atom stereocenters. The average molecular weight is 369 g/mol. The van der Waals surface area contributed by atoms with Gasteiger partial charge in [-0.05, 0) is 30.3 Å². The predicted molar refractivity (Wildman–Crippen MR) is 90.6 cm³/mol. The zero-order valence-corrected chi connectivity index (χ0v) is 14.5. The standard InChI is InChI=1S/C17H14Cl2O5/c1-22-11-4-6-13(16(8-11)23-2)17(21)24-9-15(20)12-5-3-10(18)7-14(12)19/h3-8H,9H2,1-2H3. The van der Waals surface area contributed by atoms with E-state index in [1.165, 1.54) is 38.5 Å². The summed E-state index contributed by atoms with van der Waals surface area (Å²) in [6, 6.07) is 9.11. The molecule has 2 aromatic rings. The van der Waals surface area contributed by atoms with Gasteiger partial charge in [-0.1, -0.05) is 23.2 Å². The number of hydrogen-bond acceptors (Lipinski definition) is 5. The molecule has 0 unspecified atom stereocenters. The summed E-state index contributed by atoms with van der Waals surface area (Å²) in [6.07, 6.45) is 0. The number of methoxy groups -OCH3 is 2. The van der Waals surface area contributed by atoms with Gasteiger partial charge in [0.25, 0.3) is 0 Å². The summed E-state index contributed by atoms with van der Waals surface area (Å²) in [6.45, 7) is -0.449. The summed E-state index contributed by atoms with van der Waals surface area (Å²) in [7, 11) is 2.92. The number of halogens is 2. The molecule has 0 fully saturated rings. The number of rotatable bonds is 6. The van der Waals surface area contributed by atoms with Crippen molar-refractivity contribution in [3.05, 3.63) is 57.6 Å². The monoisotopic (exact) mass is 368 g/mol. The zero-order chi connectivity index (χ0) is 17.7. The lowest BCUT2D eigenvalue weighted by Crippen LogP contribution is -2.15. The van der Waals surface area contributed by atoms with Crippen LogP contribution in [0.3, 0.4) is 0 Å². The van der Waals surface area contributed by atoms with Gasteiger partial charge in [-0.15, -0.1) is 0 Å². The van der Waals surface area contributed by atoms with E-state index in [9.17, 15) is 9.59 Å². The van der Waals surface area contributed by atoms with E-state index in [4.69, 9.17) is 37.4 Å². The average Bonchev–Trinajstić information content (AvgIpc) is 2.58. The van der Waals surface area contributed by atoms with Gasteiger partial charge in [-0.3, -0.25) is 4.79 Å². The van der Waals surface area contributed by atoms with Crippen LogP contribution in [0.15, 0.2) is 36.4 Å². The van der Waals surface area contributed by atoms with Crippen LogP contribution in [-0.2, 0) is 4.74 Å². The van der Waals surface area contributed by atoms with Gasteiger partial charge >= 0.3 is 5.97 Å². The van der Waals surface area contributed by atoms with Crippen LogP contribution in [0.2, 0.25) is 10.0 Å². The van der Waals surface area contributed by atoms with Crippen LogP contribution in [0.1, 0.15) is 20.7 Å². The molecule has 0 aliphatic carbocycles. The number of carbonyl (C=O) groups excluding carboxylic acids is 2. The summed E-state index contributed by atoms with van der Waals surface area (Å²) < 4.78 is 15.2. The van der Waals surface area contributed by atoms with E-state index in [2.05, 4.69) is 0 Å². The molecule has 0 bridgehead atoms. The largest absolute Gasteiger partial charge is 0.497 e. The smallest absolute Gasteiger partial charge is 0.342 e. The van der Waals surface area contributed by atoms with Crippen LogP contribution < -0.4 is 9.47 Å². The topological polar surface area (TPSA) is 61.8 Å². The highest BCUT2D eigenvalue weighted by Gasteiger charge is 2.18. The number of benzene rings is 2. The molecule has 0 heterocycles. The zero-order valence-electron chi connectivity index (χ0n) is 13.0. The van der Waals surface area contributed by atoms with E-state index in [1.807, 2.05) is 0 Å². The molecule has 0 N–H and O–H groups in total. The Morgan fingerprint density at radius 2 is 1.67 bits per heavy atom. The van der Waals surface area contributed by atoms with Gasteiger partial charge in [0.05, 0.1) is 19.2 Å². The van der Waals surface area contributed by atoms with Crippen molar-refractivity contribution in [2.24, 2.45) is 0 Å². The van der Waals surface area contributed by atoms with Crippen molar-refractivity contribution in [2.45, 2.75) is 0 Å². The second kappa shape index (κ2) is 8.04. The minimum absolute atomic E-state index is 0.188. The molecular formula is C17H14Cl2O5. The van der Waals surface area contributed by atoms with Gasteiger partial charge in [-0.2, -0.15) is 0 Å². The van der Waals surface area contributed by atoms with Gasteiger partial charge in [0.1, 0.15) is 17.1 Å². The Kier molecular flexibility index (Phi) is 6.06. The number of hydrogen-bond donors (Lipinski definition) is 0. The number of Topliss-reactive ketones (excluding diaryl/α,β-unsaturated/α-hetero) is 1. The van der Waals surface area contributed by atoms with Crippen molar-refractivity contribution >= 4 is 35.0 Å². The minimum Gasteiger partial charge on any atom is -0.497 e. The Bertz CT molecular complexity index is 774. The molecule has 0 saturated heterocycles. The van der Waals surface area contributed by atoms with E-state index in [1.54, 1.807) is 12.1 Å². The summed E-state index contributed by atoms with van der Waals surface area (Å²) in [4.78, 5) is 24.3. The second-order valence-electron chi connectivity index (χ2n) is 4.69. The number of carbonyl (C=O) groups is 2. The molecular weight excluding hydrogens is 355 g/mol. The molecule has 0 spiro atoms. The van der Waals surface area contributed by atoms with Crippen LogP contribution >= 0.6 is 23.2 Å². The van der Waals surface area contributed by atoms with Gasteiger partial charge in [0.15, 0.2) is 6.61 Å². The number of esters is 1. The van der Waals surface area contributed by atoms with Crippen molar-refractivity contribution in [1.29, 1.82) is 0 Å². The molecule has 0 amide bonds. The molecule has 2 rings (SSSR count). The summed E-state index contributed by atoms with van der Waals surface area (Å²) >= 11 is 11.7. The van der Waals surface area contributed by atoms with E-state index in [0.29, 0.717) is 10.8 Å². The highest BCUT2D eigenvalue weighted by atomic mass is 35.5. The quantitative estimate of drug-likeness (QED) is 0.568. The molecule has 126 valence electrons. The molecule has 0 aliphatic heterocycles. The first-order valence-electron chi connectivity index (χ1n) is 6.83. The maximum atomic E-state index is 12.1. The van der Waals surface area contributed by atoms with Crippen LogP contribution in [-0.4, -0.2) is 32.6 Å². The SMILES string of the molecule is COc1ccc(C(=O)OCC(=O)c2ccc(Cl)cc2Cl)c(OC)c1. The second-order valence-corrected chi connectivity index (χ2v) is 5.53. The summed E-state index contributed by atoms with van der Waals surface area (Å²) in [5.41, 5.74) is 0.420.